The number of carbonyl (C=O) groups is 2. The van der Waals surface area contributed by atoms with Gasteiger partial charge in [0.1, 0.15) is 29.7 Å². The van der Waals surface area contributed by atoms with Gasteiger partial charge in [-0.25, -0.2) is 9.07 Å². The number of carbonyl (C=O) groups excluding carboxylic acids is 2. The Balaban J connectivity index is 1.79. The molecule has 1 atom stereocenters. The number of ether oxygens (including phenoxy) is 1. The molecule has 0 radical (unpaired) electrons. The van der Waals surface area contributed by atoms with Gasteiger partial charge in [-0.15, -0.1) is 5.10 Å². The van der Waals surface area contributed by atoms with Gasteiger partial charge in [-0.3, -0.25) is 14.5 Å². The highest BCUT2D eigenvalue weighted by molar-refractivity contribution is 6.01. The van der Waals surface area contributed by atoms with Gasteiger partial charge in [-0.2, -0.15) is 0 Å². The van der Waals surface area contributed by atoms with Crippen molar-refractivity contribution < 1.29 is 18.7 Å². The van der Waals surface area contributed by atoms with Crippen molar-refractivity contribution in [3.63, 3.8) is 0 Å². The molecule has 0 saturated carbocycles. The lowest BCUT2D eigenvalue weighted by atomic mass is 10.0. The lowest BCUT2D eigenvalue weighted by Gasteiger charge is -2.32. The molecule has 9 heteroatoms. The predicted octanol–water partition coefficient (Wildman–Crippen LogP) is 4.52. The summed E-state index contributed by atoms with van der Waals surface area (Å²) in [5.41, 5.74) is 1.76. The second kappa shape index (κ2) is 11.6. The van der Waals surface area contributed by atoms with Crippen LogP contribution in [-0.2, 0) is 16.1 Å². The number of hydrogen-bond acceptors (Lipinski definition) is 5. The van der Waals surface area contributed by atoms with Crippen LogP contribution < -0.4 is 15.0 Å². The van der Waals surface area contributed by atoms with Gasteiger partial charge in [0.25, 0.3) is 0 Å². The molecule has 1 N–H and O–H groups in total. The highest BCUT2D eigenvalue weighted by atomic mass is 19.1. The zero-order valence-electron chi connectivity index (χ0n) is 21.1. The molecule has 0 fully saturated rings. The highest BCUT2D eigenvalue weighted by Crippen LogP contribution is 2.32. The van der Waals surface area contributed by atoms with Gasteiger partial charge in [0.2, 0.25) is 11.8 Å². The van der Waals surface area contributed by atoms with Crippen LogP contribution in [0, 0.1) is 11.7 Å². The Bertz CT molecular complexity index is 1390. The van der Waals surface area contributed by atoms with E-state index in [4.69, 9.17) is 4.74 Å². The molecule has 0 aliphatic carbocycles. The van der Waals surface area contributed by atoms with Crippen LogP contribution in [0.1, 0.15) is 31.9 Å². The minimum absolute atomic E-state index is 0.0104. The van der Waals surface area contributed by atoms with Crippen LogP contribution in [0.25, 0.3) is 11.0 Å². The minimum atomic E-state index is -1.15. The molecule has 2 amide bonds. The zero-order valence-corrected chi connectivity index (χ0v) is 21.1. The topological polar surface area (TPSA) is 89.4 Å². The molecular formula is C28H30FN5O3. The summed E-state index contributed by atoms with van der Waals surface area (Å²) < 4.78 is 22.0. The molecule has 0 aliphatic rings. The number of fused-ring (bicyclic) bond motifs is 1. The van der Waals surface area contributed by atoms with E-state index in [2.05, 4.69) is 29.5 Å². The monoisotopic (exact) mass is 503 g/mol. The average molecular weight is 504 g/mol. The van der Waals surface area contributed by atoms with Crippen LogP contribution in [-0.4, -0.2) is 40.5 Å². The van der Waals surface area contributed by atoms with Crippen molar-refractivity contribution >= 4 is 28.5 Å². The van der Waals surface area contributed by atoms with Crippen LogP contribution in [0.3, 0.4) is 0 Å². The number of benzene rings is 3. The molecule has 37 heavy (non-hydrogen) atoms. The smallest absolute Gasteiger partial charge is 0.249 e. The maximum Gasteiger partial charge on any atom is 0.249 e. The number of amides is 2. The number of anilines is 1. The van der Waals surface area contributed by atoms with Crippen molar-refractivity contribution in [3.8, 4) is 5.75 Å². The molecular weight excluding hydrogens is 473 g/mol. The number of methoxy groups -OCH3 is 1. The van der Waals surface area contributed by atoms with Crippen molar-refractivity contribution in [3.05, 3.63) is 84.2 Å². The maximum atomic E-state index is 15.2. The third-order valence-corrected chi connectivity index (χ3v) is 6.02. The molecule has 0 aliphatic heterocycles. The Morgan fingerprint density at radius 3 is 2.57 bits per heavy atom. The molecule has 0 bridgehead atoms. The summed E-state index contributed by atoms with van der Waals surface area (Å²) in [5.74, 6) is -0.676. The number of aromatic nitrogens is 3. The van der Waals surface area contributed by atoms with Gasteiger partial charge < -0.3 is 10.1 Å². The normalized spacial score (nSPS) is 11.9. The van der Waals surface area contributed by atoms with Crippen molar-refractivity contribution in [2.24, 2.45) is 5.92 Å². The fourth-order valence-electron chi connectivity index (χ4n) is 4.11. The Hall–Kier alpha value is -4.27. The minimum Gasteiger partial charge on any atom is -0.497 e. The van der Waals surface area contributed by atoms with E-state index in [9.17, 15) is 9.59 Å². The first-order valence-corrected chi connectivity index (χ1v) is 12.2. The highest BCUT2D eigenvalue weighted by Gasteiger charge is 2.34. The molecule has 3 aromatic carbocycles. The third-order valence-electron chi connectivity index (χ3n) is 6.02. The first-order chi connectivity index (χ1) is 17.9. The van der Waals surface area contributed by atoms with Crippen LogP contribution in [0.15, 0.2) is 72.8 Å². The SMILES string of the molecule is COc1cccc(C(C(=O)NCCC(C)C)N(C(=O)Cn2nnc3ccccc32)c2ccccc2F)c1. The van der Waals surface area contributed by atoms with Gasteiger partial charge in [0.15, 0.2) is 0 Å². The van der Waals surface area contributed by atoms with Gasteiger partial charge in [-0.05, 0) is 54.3 Å². The largest absolute Gasteiger partial charge is 0.497 e. The van der Waals surface area contributed by atoms with Crippen molar-refractivity contribution in [1.82, 2.24) is 20.3 Å². The predicted molar refractivity (Wildman–Crippen MR) is 140 cm³/mol. The number of rotatable bonds is 10. The molecule has 1 unspecified atom stereocenters. The van der Waals surface area contributed by atoms with E-state index in [0.717, 1.165) is 6.42 Å². The van der Waals surface area contributed by atoms with E-state index in [0.29, 0.717) is 34.8 Å². The van der Waals surface area contributed by atoms with Crippen LogP contribution >= 0.6 is 0 Å². The maximum absolute atomic E-state index is 15.2. The van der Waals surface area contributed by atoms with Crippen LogP contribution in [0.2, 0.25) is 0 Å². The molecule has 8 nitrogen and oxygen atoms in total. The van der Waals surface area contributed by atoms with Gasteiger partial charge in [0, 0.05) is 6.54 Å². The Morgan fingerprint density at radius 1 is 1.05 bits per heavy atom. The van der Waals surface area contributed by atoms with Gasteiger partial charge >= 0.3 is 0 Å². The lowest BCUT2D eigenvalue weighted by Crippen LogP contribution is -2.46. The fourth-order valence-corrected chi connectivity index (χ4v) is 4.11. The number of nitrogens with one attached hydrogen (secondary N) is 1. The zero-order chi connectivity index (χ0) is 26.4. The summed E-state index contributed by atoms with van der Waals surface area (Å²) in [5, 5.41) is 11.2. The number of halogens is 1. The van der Waals surface area contributed by atoms with Crippen molar-refractivity contribution in [2.75, 3.05) is 18.6 Å². The van der Waals surface area contributed by atoms with Crippen molar-refractivity contribution in [2.45, 2.75) is 32.9 Å². The van der Waals surface area contributed by atoms with E-state index in [1.165, 1.54) is 34.9 Å². The number of nitrogens with zero attached hydrogens (tertiary/aromatic N) is 4. The molecule has 4 rings (SSSR count). The average Bonchev–Trinajstić information content (AvgIpc) is 3.30. The lowest BCUT2D eigenvalue weighted by molar-refractivity contribution is -0.127. The molecule has 0 spiro atoms. The molecule has 192 valence electrons. The molecule has 4 aromatic rings. The fraction of sp³-hybridized carbons (Fsp3) is 0.286. The van der Waals surface area contributed by atoms with Crippen LogP contribution in [0.4, 0.5) is 10.1 Å². The summed E-state index contributed by atoms with van der Waals surface area (Å²) in [6.45, 7) is 4.30. The molecule has 0 saturated heterocycles. The van der Waals surface area contributed by atoms with Crippen LogP contribution in [0.5, 0.6) is 5.75 Å². The van der Waals surface area contributed by atoms with E-state index in [1.54, 1.807) is 42.5 Å². The Labute approximate surface area is 215 Å². The summed E-state index contributed by atoms with van der Waals surface area (Å²) >= 11 is 0. The van der Waals surface area contributed by atoms with Crippen molar-refractivity contribution in [1.29, 1.82) is 0 Å². The van der Waals surface area contributed by atoms with Gasteiger partial charge in [0.05, 0.1) is 18.3 Å². The number of hydrogen-bond donors (Lipinski definition) is 1. The third kappa shape index (κ3) is 5.94. The molecule has 1 aromatic heterocycles. The first kappa shape index (κ1) is 25.8. The second-order valence-corrected chi connectivity index (χ2v) is 9.10. The van der Waals surface area contributed by atoms with E-state index in [-0.39, 0.29) is 12.2 Å². The van der Waals surface area contributed by atoms with E-state index < -0.39 is 23.7 Å². The summed E-state index contributed by atoms with van der Waals surface area (Å²) in [4.78, 5) is 28.8. The first-order valence-electron chi connectivity index (χ1n) is 12.2. The quantitative estimate of drug-likeness (QED) is 0.344. The summed E-state index contributed by atoms with van der Waals surface area (Å²) in [6.07, 6.45) is 0.759. The van der Waals surface area contributed by atoms with E-state index in [1.807, 2.05) is 12.1 Å². The summed E-state index contributed by atoms with van der Waals surface area (Å²) in [6, 6.07) is 18.9. The molecule has 1 heterocycles. The summed E-state index contributed by atoms with van der Waals surface area (Å²) in [7, 11) is 1.52. The Kier molecular flexibility index (Phi) is 8.12. The van der Waals surface area contributed by atoms with Gasteiger partial charge in [-0.1, -0.05) is 55.5 Å². The van der Waals surface area contributed by atoms with E-state index >= 15 is 4.39 Å². The number of para-hydroxylation sites is 2. The standard InChI is InChI=1S/C28H30FN5O3/c1-19(2)15-16-30-28(36)27(20-9-8-10-21(17-20)37-3)34(24-13-6-4-11-22(24)29)26(35)18-33-25-14-7-5-12-23(25)31-32-33/h4-14,17,19,27H,15-16,18H2,1-3H3,(H,30,36). The second-order valence-electron chi connectivity index (χ2n) is 9.10. The Morgan fingerprint density at radius 2 is 1.81 bits per heavy atom.